The molecule has 96 valence electrons. The van der Waals surface area contributed by atoms with Gasteiger partial charge in [-0.15, -0.1) is 0 Å². The summed E-state index contributed by atoms with van der Waals surface area (Å²) in [5.41, 5.74) is 4.13. The number of nitrogens with zero attached hydrogens (tertiary/aromatic N) is 2. The SMILES string of the molecule is CNCCCc1c(C)nn(C2CCCC2)c1C. The van der Waals surface area contributed by atoms with Crippen LogP contribution < -0.4 is 5.32 Å². The number of hydrogen-bond acceptors (Lipinski definition) is 2. The molecular weight excluding hydrogens is 210 g/mol. The van der Waals surface area contributed by atoms with E-state index in [2.05, 4.69) is 23.8 Å². The van der Waals surface area contributed by atoms with Crippen LogP contribution in [0.4, 0.5) is 0 Å². The summed E-state index contributed by atoms with van der Waals surface area (Å²) in [6.07, 6.45) is 7.74. The second-order valence-electron chi connectivity index (χ2n) is 5.24. The van der Waals surface area contributed by atoms with E-state index in [1.54, 1.807) is 0 Å². The summed E-state index contributed by atoms with van der Waals surface area (Å²) in [7, 11) is 2.02. The minimum atomic E-state index is 0.673. The molecule has 2 rings (SSSR count). The highest BCUT2D eigenvalue weighted by molar-refractivity contribution is 5.25. The Hall–Kier alpha value is -0.830. The highest BCUT2D eigenvalue weighted by Crippen LogP contribution is 2.31. The minimum absolute atomic E-state index is 0.673. The van der Waals surface area contributed by atoms with Crippen molar-refractivity contribution in [3.05, 3.63) is 17.0 Å². The molecule has 17 heavy (non-hydrogen) atoms. The van der Waals surface area contributed by atoms with Crippen LogP contribution in [0.1, 0.15) is 55.1 Å². The van der Waals surface area contributed by atoms with Crippen molar-refractivity contribution in [2.24, 2.45) is 0 Å². The first-order valence-corrected chi connectivity index (χ1v) is 6.93. The fourth-order valence-electron chi connectivity index (χ4n) is 3.01. The van der Waals surface area contributed by atoms with Gasteiger partial charge in [-0.25, -0.2) is 0 Å². The highest BCUT2D eigenvalue weighted by Gasteiger charge is 2.21. The topological polar surface area (TPSA) is 29.9 Å². The third kappa shape index (κ3) is 2.71. The Balaban J connectivity index is 2.10. The lowest BCUT2D eigenvalue weighted by Gasteiger charge is -2.12. The quantitative estimate of drug-likeness (QED) is 0.795. The lowest BCUT2D eigenvalue weighted by atomic mass is 10.1. The number of rotatable bonds is 5. The molecule has 0 saturated heterocycles. The highest BCUT2D eigenvalue weighted by atomic mass is 15.3. The van der Waals surface area contributed by atoms with Gasteiger partial charge in [0.2, 0.25) is 0 Å². The van der Waals surface area contributed by atoms with Crippen LogP contribution in [0.15, 0.2) is 0 Å². The Kier molecular flexibility index (Phi) is 4.21. The zero-order valence-corrected chi connectivity index (χ0v) is 11.4. The van der Waals surface area contributed by atoms with Gasteiger partial charge in [-0.05, 0) is 58.7 Å². The summed E-state index contributed by atoms with van der Waals surface area (Å²) in [5, 5.41) is 7.98. The van der Waals surface area contributed by atoms with Crippen molar-refractivity contribution < 1.29 is 0 Å². The molecule has 1 N–H and O–H groups in total. The van der Waals surface area contributed by atoms with Crippen LogP contribution in [-0.4, -0.2) is 23.4 Å². The average Bonchev–Trinajstić information content (AvgIpc) is 2.91. The Morgan fingerprint density at radius 1 is 1.29 bits per heavy atom. The monoisotopic (exact) mass is 235 g/mol. The van der Waals surface area contributed by atoms with Crippen LogP contribution in [0.2, 0.25) is 0 Å². The Morgan fingerprint density at radius 2 is 2.00 bits per heavy atom. The Labute approximate surface area is 105 Å². The molecule has 0 unspecified atom stereocenters. The van der Waals surface area contributed by atoms with Crippen LogP contribution in [-0.2, 0) is 6.42 Å². The van der Waals surface area contributed by atoms with Gasteiger partial charge >= 0.3 is 0 Å². The molecule has 0 spiro atoms. The van der Waals surface area contributed by atoms with E-state index in [1.165, 1.54) is 49.1 Å². The number of hydrogen-bond donors (Lipinski definition) is 1. The van der Waals surface area contributed by atoms with E-state index in [9.17, 15) is 0 Å². The number of nitrogens with one attached hydrogen (secondary N) is 1. The van der Waals surface area contributed by atoms with E-state index in [-0.39, 0.29) is 0 Å². The molecule has 0 aliphatic heterocycles. The van der Waals surface area contributed by atoms with E-state index in [0.717, 1.165) is 13.0 Å². The molecule has 1 aromatic rings. The van der Waals surface area contributed by atoms with Crippen molar-refractivity contribution in [2.45, 2.75) is 58.4 Å². The average molecular weight is 235 g/mol. The van der Waals surface area contributed by atoms with Crippen molar-refractivity contribution in [3.8, 4) is 0 Å². The van der Waals surface area contributed by atoms with Gasteiger partial charge in [-0.2, -0.15) is 5.10 Å². The van der Waals surface area contributed by atoms with Crippen LogP contribution in [0.3, 0.4) is 0 Å². The molecule has 1 aliphatic rings. The summed E-state index contributed by atoms with van der Waals surface area (Å²) in [6, 6.07) is 0.673. The van der Waals surface area contributed by atoms with Crippen LogP contribution in [0, 0.1) is 13.8 Å². The summed E-state index contributed by atoms with van der Waals surface area (Å²) < 4.78 is 2.30. The maximum absolute atomic E-state index is 4.77. The molecule has 0 atom stereocenters. The van der Waals surface area contributed by atoms with E-state index in [1.807, 2.05) is 7.05 Å². The molecule has 3 nitrogen and oxygen atoms in total. The molecule has 1 aliphatic carbocycles. The van der Waals surface area contributed by atoms with Gasteiger partial charge in [0.1, 0.15) is 0 Å². The number of aromatic nitrogens is 2. The maximum atomic E-state index is 4.77. The van der Waals surface area contributed by atoms with Crippen LogP contribution >= 0.6 is 0 Å². The zero-order chi connectivity index (χ0) is 12.3. The van der Waals surface area contributed by atoms with Gasteiger partial charge in [0.15, 0.2) is 0 Å². The summed E-state index contributed by atoms with van der Waals surface area (Å²) in [5.74, 6) is 0. The van der Waals surface area contributed by atoms with Gasteiger partial charge in [-0.1, -0.05) is 12.8 Å². The van der Waals surface area contributed by atoms with Crippen molar-refractivity contribution in [3.63, 3.8) is 0 Å². The van der Waals surface area contributed by atoms with Crippen molar-refractivity contribution in [1.29, 1.82) is 0 Å². The van der Waals surface area contributed by atoms with E-state index < -0.39 is 0 Å². The van der Waals surface area contributed by atoms with Gasteiger partial charge in [0.25, 0.3) is 0 Å². The first-order chi connectivity index (χ1) is 8.24. The first-order valence-electron chi connectivity index (χ1n) is 6.93. The summed E-state index contributed by atoms with van der Waals surface area (Å²) in [6.45, 7) is 5.49. The molecule has 1 fully saturated rings. The molecule has 1 heterocycles. The fraction of sp³-hybridized carbons (Fsp3) is 0.786. The molecule has 1 saturated carbocycles. The third-order valence-electron chi connectivity index (χ3n) is 4.00. The van der Waals surface area contributed by atoms with Crippen LogP contribution in [0.5, 0.6) is 0 Å². The molecule has 0 bridgehead atoms. The van der Waals surface area contributed by atoms with E-state index >= 15 is 0 Å². The smallest absolute Gasteiger partial charge is 0.0628 e. The zero-order valence-electron chi connectivity index (χ0n) is 11.4. The molecule has 0 amide bonds. The van der Waals surface area contributed by atoms with Gasteiger partial charge in [0.05, 0.1) is 11.7 Å². The second kappa shape index (κ2) is 5.67. The van der Waals surface area contributed by atoms with Gasteiger partial charge < -0.3 is 5.32 Å². The first kappa shape index (κ1) is 12.6. The van der Waals surface area contributed by atoms with E-state index in [0.29, 0.717) is 6.04 Å². The van der Waals surface area contributed by atoms with Gasteiger partial charge in [-0.3, -0.25) is 4.68 Å². The lowest BCUT2D eigenvalue weighted by Crippen LogP contribution is -2.10. The van der Waals surface area contributed by atoms with Gasteiger partial charge in [0, 0.05) is 5.69 Å². The molecule has 0 aromatic carbocycles. The van der Waals surface area contributed by atoms with Crippen molar-refractivity contribution >= 4 is 0 Å². The largest absolute Gasteiger partial charge is 0.320 e. The van der Waals surface area contributed by atoms with Crippen molar-refractivity contribution in [1.82, 2.24) is 15.1 Å². The van der Waals surface area contributed by atoms with E-state index in [4.69, 9.17) is 5.10 Å². The predicted molar refractivity (Wildman–Crippen MR) is 71.5 cm³/mol. The summed E-state index contributed by atoms with van der Waals surface area (Å²) in [4.78, 5) is 0. The molecule has 3 heteroatoms. The van der Waals surface area contributed by atoms with Crippen LogP contribution in [0.25, 0.3) is 0 Å². The normalized spacial score (nSPS) is 16.9. The molecular formula is C14H25N3. The standard InChI is InChI=1S/C14H25N3/c1-11-14(9-6-10-15-3)12(2)17(16-11)13-7-4-5-8-13/h13,15H,4-10H2,1-3H3. The Morgan fingerprint density at radius 3 is 2.65 bits per heavy atom. The lowest BCUT2D eigenvalue weighted by molar-refractivity contribution is 0.454. The maximum Gasteiger partial charge on any atom is 0.0628 e. The predicted octanol–water partition coefficient (Wildman–Crippen LogP) is 2.77. The fourth-order valence-corrected chi connectivity index (χ4v) is 3.01. The van der Waals surface area contributed by atoms with Crippen molar-refractivity contribution in [2.75, 3.05) is 13.6 Å². The Bertz CT molecular complexity index is 362. The minimum Gasteiger partial charge on any atom is -0.320 e. The second-order valence-corrected chi connectivity index (χ2v) is 5.24. The summed E-state index contributed by atoms with van der Waals surface area (Å²) >= 11 is 0. The molecule has 1 aromatic heterocycles. The number of aryl methyl sites for hydroxylation is 1. The third-order valence-corrected chi connectivity index (χ3v) is 4.00. The molecule has 0 radical (unpaired) electrons.